The van der Waals surface area contributed by atoms with Crippen LogP contribution in [0.1, 0.15) is 20.8 Å². The fraction of sp³-hybridized carbons (Fsp3) is 0.364. The topological polar surface area (TPSA) is 58.3 Å². The van der Waals surface area contributed by atoms with E-state index in [4.69, 9.17) is 10.0 Å². The van der Waals surface area contributed by atoms with Crippen molar-refractivity contribution in [2.75, 3.05) is 0 Å². The Hall–Kier alpha value is -1.40. The molecule has 17 heavy (non-hydrogen) atoms. The summed E-state index contributed by atoms with van der Waals surface area (Å²) in [6, 6.07) is 2.64. The molecule has 2 N–H and O–H groups in total. The number of aromatic nitrogens is 2. The summed E-state index contributed by atoms with van der Waals surface area (Å²) >= 11 is 0. The summed E-state index contributed by atoms with van der Waals surface area (Å²) in [6.45, 7) is 5.96. The number of imidazole rings is 1. The Morgan fingerprint density at radius 2 is 1.94 bits per heavy atom. The van der Waals surface area contributed by atoms with Gasteiger partial charge in [0, 0.05) is 11.0 Å². The Bertz CT molecular complexity index is 560. The van der Waals surface area contributed by atoms with Gasteiger partial charge < -0.3 is 14.6 Å². The Labute approximate surface area is 98.9 Å². The lowest BCUT2D eigenvalue weighted by molar-refractivity contribution is 0.408. The van der Waals surface area contributed by atoms with Gasteiger partial charge >= 0.3 is 7.12 Å². The zero-order valence-electron chi connectivity index (χ0n) is 9.98. The highest BCUT2D eigenvalue weighted by Crippen LogP contribution is 2.21. The molecule has 6 heteroatoms. The second kappa shape index (κ2) is 3.82. The van der Waals surface area contributed by atoms with E-state index in [9.17, 15) is 4.39 Å². The molecule has 0 radical (unpaired) electrons. The van der Waals surface area contributed by atoms with E-state index in [-0.39, 0.29) is 11.0 Å². The van der Waals surface area contributed by atoms with Gasteiger partial charge in [-0.3, -0.25) is 0 Å². The number of rotatable bonds is 1. The zero-order valence-corrected chi connectivity index (χ0v) is 9.98. The van der Waals surface area contributed by atoms with E-state index in [2.05, 4.69) is 4.98 Å². The fourth-order valence-corrected chi connectivity index (χ4v) is 1.78. The molecule has 0 saturated carbocycles. The highest BCUT2D eigenvalue weighted by atomic mass is 19.1. The van der Waals surface area contributed by atoms with Crippen LogP contribution in [0.3, 0.4) is 0 Å². The third kappa shape index (κ3) is 2.05. The molecule has 0 fully saturated rings. The van der Waals surface area contributed by atoms with Gasteiger partial charge in [0.2, 0.25) is 0 Å². The van der Waals surface area contributed by atoms with E-state index in [0.717, 1.165) is 0 Å². The quantitative estimate of drug-likeness (QED) is 0.713. The van der Waals surface area contributed by atoms with Crippen LogP contribution in [-0.2, 0) is 5.54 Å². The number of halogens is 1. The van der Waals surface area contributed by atoms with Crippen molar-refractivity contribution in [3.8, 4) is 0 Å². The van der Waals surface area contributed by atoms with Crippen LogP contribution in [0.5, 0.6) is 0 Å². The third-order valence-electron chi connectivity index (χ3n) is 2.67. The van der Waals surface area contributed by atoms with Gasteiger partial charge in [-0.05, 0) is 32.9 Å². The fourth-order valence-electron chi connectivity index (χ4n) is 1.78. The zero-order chi connectivity index (χ0) is 12.8. The second-order valence-electron chi connectivity index (χ2n) is 5.02. The molecule has 0 bridgehead atoms. The maximum Gasteiger partial charge on any atom is 0.491 e. The molecule has 90 valence electrons. The van der Waals surface area contributed by atoms with E-state index >= 15 is 0 Å². The van der Waals surface area contributed by atoms with Crippen molar-refractivity contribution in [3.05, 3.63) is 24.3 Å². The van der Waals surface area contributed by atoms with Crippen LogP contribution in [-0.4, -0.2) is 26.7 Å². The van der Waals surface area contributed by atoms with Gasteiger partial charge in [0.25, 0.3) is 0 Å². The van der Waals surface area contributed by atoms with Gasteiger partial charge in [-0.15, -0.1) is 0 Å². The summed E-state index contributed by atoms with van der Waals surface area (Å²) in [7, 11) is -1.82. The van der Waals surface area contributed by atoms with Crippen LogP contribution >= 0.6 is 0 Å². The highest BCUT2D eigenvalue weighted by molar-refractivity contribution is 6.59. The molecule has 0 unspecified atom stereocenters. The molecule has 0 aliphatic rings. The van der Waals surface area contributed by atoms with E-state index in [1.165, 1.54) is 12.1 Å². The van der Waals surface area contributed by atoms with Gasteiger partial charge in [-0.2, -0.15) is 0 Å². The highest BCUT2D eigenvalue weighted by Gasteiger charge is 2.21. The molecule has 0 aliphatic heterocycles. The molecule has 0 spiro atoms. The SMILES string of the molecule is CC(C)(C)n1cnc2cc(B(O)O)c(F)cc21. The predicted octanol–water partition coefficient (Wildman–Crippen LogP) is 0.610. The summed E-state index contributed by atoms with van der Waals surface area (Å²) in [5.74, 6) is -0.640. The summed E-state index contributed by atoms with van der Waals surface area (Å²) in [5, 5.41) is 18.0. The lowest BCUT2D eigenvalue weighted by Crippen LogP contribution is -2.32. The van der Waals surface area contributed by atoms with Gasteiger partial charge in [0.1, 0.15) is 5.82 Å². The van der Waals surface area contributed by atoms with Crippen LogP contribution < -0.4 is 5.46 Å². The predicted molar refractivity (Wildman–Crippen MR) is 64.5 cm³/mol. The minimum Gasteiger partial charge on any atom is -0.423 e. The number of fused-ring (bicyclic) bond motifs is 1. The van der Waals surface area contributed by atoms with Crippen molar-refractivity contribution < 1.29 is 14.4 Å². The van der Waals surface area contributed by atoms with Crippen LogP contribution in [0.15, 0.2) is 18.5 Å². The minimum atomic E-state index is -1.82. The van der Waals surface area contributed by atoms with Crippen molar-refractivity contribution in [1.82, 2.24) is 9.55 Å². The Balaban J connectivity index is 2.69. The van der Waals surface area contributed by atoms with E-state index in [0.29, 0.717) is 11.0 Å². The lowest BCUT2D eigenvalue weighted by atomic mass is 9.79. The number of hydrogen-bond donors (Lipinski definition) is 2. The molecule has 2 rings (SSSR count). The van der Waals surface area contributed by atoms with Gasteiger partial charge in [0.15, 0.2) is 0 Å². The molecule has 4 nitrogen and oxygen atoms in total. The Morgan fingerprint density at radius 1 is 1.29 bits per heavy atom. The molecular formula is C11H14BFN2O2. The molecule has 0 aliphatic carbocycles. The summed E-state index contributed by atoms with van der Waals surface area (Å²) in [6.07, 6.45) is 1.62. The largest absolute Gasteiger partial charge is 0.491 e. The smallest absolute Gasteiger partial charge is 0.423 e. The molecule has 0 amide bonds. The summed E-state index contributed by atoms with van der Waals surface area (Å²) in [4.78, 5) is 4.14. The van der Waals surface area contributed by atoms with E-state index < -0.39 is 12.9 Å². The number of hydrogen-bond acceptors (Lipinski definition) is 3. The van der Waals surface area contributed by atoms with Crippen molar-refractivity contribution in [1.29, 1.82) is 0 Å². The van der Waals surface area contributed by atoms with Crippen LogP contribution in [0.4, 0.5) is 4.39 Å². The van der Waals surface area contributed by atoms with Gasteiger partial charge in [-0.25, -0.2) is 9.37 Å². The van der Waals surface area contributed by atoms with Crippen LogP contribution in [0.2, 0.25) is 0 Å². The Kier molecular flexibility index (Phi) is 2.71. The minimum absolute atomic E-state index is 0.156. The van der Waals surface area contributed by atoms with Gasteiger partial charge in [-0.1, -0.05) is 0 Å². The molecule has 1 aromatic heterocycles. The average Bonchev–Trinajstić information content (AvgIpc) is 2.57. The average molecular weight is 236 g/mol. The molecule has 0 atom stereocenters. The summed E-state index contributed by atoms with van der Waals surface area (Å²) in [5.41, 5.74) is 0.820. The normalized spacial score (nSPS) is 12.1. The van der Waals surface area contributed by atoms with Crippen LogP contribution in [0, 0.1) is 5.82 Å². The van der Waals surface area contributed by atoms with Crippen molar-refractivity contribution in [2.45, 2.75) is 26.3 Å². The summed E-state index contributed by atoms with van der Waals surface area (Å²) < 4.78 is 15.5. The molecule has 2 aromatic rings. The van der Waals surface area contributed by atoms with Crippen LogP contribution in [0.25, 0.3) is 11.0 Å². The van der Waals surface area contributed by atoms with Crippen molar-refractivity contribution in [2.24, 2.45) is 0 Å². The monoisotopic (exact) mass is 236 g/mol. The first-order valence-electron chi connectivity index (χ1n) is 5.34. The lowest BCUT2D eigenvalue weighted by Gasteiger charge is -2.21. The number of nitrogens with zero attached hydrogens (tertiary/aromatic N) is 2. The molecule has 0 saturated heterocycles. The first-order valence-corrected chi connectivity index (χ1v) is 5.34. The first-order chi connectivity index (χ1) is 7.80. The maximum atomic E-state index is 13.7. The van der Waals surface area contributed by atoms with Gasteiger partial charge in [0.05, 0.1) is 17.4 Å². The Morgan fingerprint density at radius 3 is 2.47 bits per heavy atom. The molecule has 1 aromatic carbocycles. The number of benzene rings is 1. The molecule has 1 heterocycles. The standard InChI is InChI=1S/C11H14BFN2O2/c1-11(2,3)15-6-14-9-4-7(12(16)17)8(13)5-10(9)15/h4-6,16-17H,1-3H3. The maximum absolute atomic E-state index is 13.7. The molecular weight excluding hydrogens is 222 g/mol. The first kappa shape index (κ1) is 12.1. The third-order valence-corrected chi connectivity index (χ3v) is 2.67. The van der Waals surface area contributed by atoms with Crippen molar-refractivity contribution >= 4 is 23.6 Å². The second-order valence-corrected chi connectivity index (χ2v) is 5.02. The van der Waals surface area contributed by atoms with Crippen molar-refractivity contribution in [3.63, 3.8) is 0 Å². The van der Waals surface area contributed by atoms with E-state index in [1.807, 2.05) is 25.3 Å². The van der Waals surface area contributed by atoms with E-state index in [1.54, 1.807) is 6.33 Å².